The maximum absolute atomic E-state index is 5.45. The summed E-state index contributed by atoms with van der Waals surface area (Å²) in [6, 6.07) is 2.74. The van der Waals surface area contributed by atoms with E-state index in [1.165, 1.54) is 18.5 Å². The van der Waals surface area contributed by atoms with Crippen LogP contribution in [-0.4, -0.2) is 57.8 Å². The number of likely N-dealkylation sites (N-methyl/N-ethyl adjacent to an activating group) is 1. The molecule has 2 fully saturated rings. The highest BCUT2D eigenvalue weighted by atomic mass is 16.5. The second-order valence-corrected chi connectivity index (χ2v) is 7.08. The summed E-state index contributed by atoms with van der Waals surface area (Å²) in [7, 11) is 2.15. The van der Waals surface area contributed by atoms with Crippen LogP contribution in [0.2, 0.25) is 0 Å². The Labute approximate surface area is 148 Å². The Bertz CT molecular complexity index is 692. The van der Waals surface area contributed by atoms with Gasteiger partial charge in [0.1, 0.15) is 12.1 Å². The Morgan fingerprint density at radius 2 is 2.24 bits per heavy atom. The van der Waals surface area contributed by atoms with Gasteiger partial charge in [-0.2, -0.15) is 0 Å². The summed E-state index contributed by atoms with van der Waals surface area (Å²) in [6.45, 7) is 4.33. The number of ether oxygens (including phenoxy) is 1. The Morgan fingerprint density at radius 3 is 3.04 bits per heavy atom. The molecule has 1 aliphatic heterocycles. The van der Waals surface area contributed by atoms with Gasteiger partial charge in [-0.05, 0) is 26.3 Å². The molecule has 4 rings (SSSR count). The lowest BCUT2D eigenvalue weighted by atomic mass is 10.1. The fourth-order valence-electron chi connectivity index (χ4n) is 3.33. The Morgan fingerprint density at radius 1 is 1.32 bits per heavy atom. The van der Waals surface area contributed by atoms with Gasteiger partial charge in [-0.1, -0.05) is 0 Å². The molecule has 2 aliphatic rings. The molecule has 3 heterocycles. The van der Waals surface area contributed by atoms with Gasteiger partial charge in [0.2, 0.25) is 0 Å². The van der Waals surface area contributed by atoms with Crippen molar-refractivity contribution in [3.8, 4) is 0 Å². The number of hydrogen-bond acceptors (Lipinski definition) is 6. The highest BCUT2D eigenvalue weighted by Crippen LogP contribution is 2.35. The fourth-order valence-corrected chi connectivity index (χ4v) is 3.33. The van der Waals surface area contributed by atoms with Crippen molar-refractivity contribution in [1.82, 2.24) is 24.4 Å². The Kier molecular flexibility index (Phi) is 4.94. The molecular formula is C18H26N6O. The van der Waals surface area contributed by atoms with Crippen molar-refractivity contribution >= 4 is 5.82 Å². The van der Waals surface area contributed by atoms with Crippen LogP contribution in [0, 0.1) is 0 Å². The normalized spacial score (nSPS) is 20.3. The molecule has 0 bridgehead atoms. The zero-order valence-electron chi connectivity index (χ0n) is 14.8. The molecule has 1 aliphatic carbocycles. The van der Waals surface area contributed by atoms with E-state index in [9.17, 15) is 0 Å². The third-order valence-electron chi connectivity index (χ3n) is 4.95. The van der Waals surface area contributed by atoms with E-state index in [2.05, 4.69) is 42.8 Å². The largest absolute Gasteiger partial charge is 0.381 e. The summed E-state index contributed by atoms with van der Waals surface area (Å²) in [6.07, 6.45) is 9.23. The van der Waals surface area contributed by atoms with Crippen LogP contribution >= 0.6 is 0 Å². The average Bonchev–Trinajstić information content (AvgIpc) is 3.11. The molecule has 0 aromatic carbocycles. The number of nitrogens with zero attached hydrogens (tertiary/aromatic N) is 5. The maximum Gasteiger partial charge on any atom is 0.129 e. The van der Waals surface area contributed by atoms with Crippen molar-refractivity contribution in [3.05, 3.63) is 36.3 Å². The summed E-state index contributed by atoms with van der Waals surface area (Å²) in [4.78, 5) is 15.3. The smallest absolute Gasteiger partial charge is 0.129 e. The zero-order chi connectivity index (χ0) is 17.1. The molecule has 1 saturated heterocycles. The molecule has 7 nitrogen and oxygen atoms in total. The molecule has 1 N–H and O–H groups in total. The van der Waals surface area contributed by atoms with Gasteiger partial charge >= 0.3 is 0 Å². The molecule has 1 atom stereocenters. The molecule has 25 heavy (non-hydrogen) atoms. The van der Waals surface area contributed by atoms with Crippen molar-refractivity contribution < 1.29 is 4.74 Å². The van der Waals surface area contributed by atoms with Gasteiger partial charge < -0.3 is 14.6 Å². The standard InChI is InChI=1S/C18H26N6O/c1-23(10-16-9-19-13-24(16)15-2-3-15)6-5-20-18-8-17(21-12-22-18)14-4-7-25-11-14/h8-9,12-15H,2-7,10-11H2,1H3,(H,20,21,22). The molecule has 134 valence electrons. The molecule has 1 saturated carbocycles. The number of aromatic nitrogens is 4. The van der Waals surface area contributed by atoms with Crippen LogP contribution in [-0.2, 0) is 11.3 Å². The first-order chi connectivity index (χ1) is 12.3. The van der Waals surface area contributed by atoms with Gasteiger partial charge in [0, 0.05) is 50.5 Å². The van der Waals surface area contributed by atoms with Crippen LogP contribution in [0.25, 0.3) is 0 Å². The fraction of sp³-hybridized carbons (Fsp3) is 0.611. The van der Waals surface area contributed by atoms with E-state index in [1.807, 2.05) is 12.5 Å². The van der Waals surface area contributed by atoms with E-state index >= 15 is 0 Å². The lowest BCUT2D eigenvalue weighted by Crippen LogP contribution is -2.26. The number of nitrogens with one attached hydrogen (secondary N) is 1. The van der Waals surface area contributed by atoms with Crippen LogP contribution in [0.3, 0.4) is 0 Å². The Hall–Kier alpha value is -1.99. The van der Waals surface area contributed by atoms with E-state index in [0.29, 0.717) is 12.0 Å². The predicted molar refractivity (Wildman–Crippen MR) is 95.5 cm³/mol. The van der Waals surface area contributed by atoms with E-state index < -0.39 is 0 Å². The predicted octanol–water partition coefficient (Wildman–Crippen LogP) is 2.06. The minimum Gasteiger partial charge on any atom is -0.381 e. The molecule has 2 aromatic rings. The molecule has 1 unspecified atom stereocenters. The number of anilines is 1. The highest BCUT2D eigenvalue weighted by Gasteiger charge is 2.25. The topological polar surface area (TPSA) is 68.1 Å². The van der Waals surface area contributed by atoms with Crippen molar-refractivity contribution in [2.75, 3.05) is 38.7 Å². The van der Waals surface area contributed by atoms with Crippen molar-refractivity contribution in [3.63, 3.8) is 0 Å². The molecule has 2 aromatic heterocycles. The number of imidazole rings is 1. The third kappa shape index (κ3) is 4.16. The van der Waals surface area contributed by atoms with Crippen LogP contribution in [0.15, 0.2) is 24.9 Å². The summed E-state index contributed by atoms with van der Waals surface area (Å²) in [5.41, 5.74) is 2.38. The van der Waals surface area contributed by atoms with Crippen molar-refractivity contribution in [1.29, 1.82) is 0 Å². The first-order valence-electron chi connectivity index (χ1n) is 9.12. The SMILES string of the molecule is CN(CCNc1cc(C2CCOC2)ncn1)Cc1cncn1C1CC1. The summed E-state index contributed by atoms with van der Waals surface area (Å²) in [5.74, 6) is 1.31. The third-order valence-corrected chi connectivity index (χ3v) is 4.95. The summed E-state index contributed by atoms with van der Waals surface area (Å²) >= 11 is 0. The molecule has 7 heteroatoms. The van der Waals surface area contributed by atoms with Crippen LogP contribution in [0.4, 0.5) is 5.82 Å². The van der Waals surface area contributed by atoms with E-state index in [-0.39, 0.29) is 0 Å². The second-order valence-electron chi connectivity index (χ2n) is 7.08. The molecular weight excluding hydrogens is 316 g/mol. The monoisotopic (exact) mass is 342 g/mol. The lowest BCUT2D eigenvalue weighted by molar-refractivity contribution is 0.193. The number of rotatable bonds is 8. The van der Waals surface area contributed by atoms with E-state index in [4.69, 9.17) is 4.74 Å². The van der Waals surface area contributed by atoms with Gasteiger partial charge in [0.05, 0.1) is 24.3 Å². The lowest BCUT2D eigenvalue weighted by Gasteiger charge is -2.18. The van der Waals surface area contributed by atoms with E-state index in [0.717, 1.165) is 50.8 Å². The summed E-state index contributed by atoms with van der Waals surface area (Å²) < 4.78 is 7.77. The quantitative estimate of drug-likeness (QED) is 0.792. The van der Waals surface area contributed by atoms with E-state index in [1.54, 1.807) is 6.33 Å². The average molecular weight is 342 g/mol. The van der Waals surface area contributed by atoms with Gasteiger partial charge in [0.15, 0.2) is 0 Å². The Balaban J connectivity index is 1.25. The summed E-state index contributed by atoms with van der Waals surface area (Å²) in [5, 5.41) is 3.41. The van der Waals surface area contributed by atoms with Gasteiger partial charge in [-0.3, -0.25) is 4.90 Å². The van der Waals surface area contributed by atoms with Gasteiger partial charge in [-0.15, -0.1) is 0 Å². The molecule has 0 amide bonds. The maximum atomic E-state index is 5.45. The molecule has 0 spiro atoms. The van der Waals surface area contributed by atoms with Crippen LogP contribution in [0.1, 0.15) is 42.6 Å². The minimum atomic E-state index is 0.411. The van der Waals surface area contributed by atoms with Crippen molar-refractivity contribution in [2.24, 2.45) is 0 Å². The first-order valence-corrected chi connectivity index (χ1v) is 9.12. The van der Waals surface area contributed by atoms with Crippen LogP contribution in [0.5, 0.6) is 0 Å². The second kappa shape index (κ2) is 7.49. The first kappa shape index (κ1) is 16.5. The number of hydrogen-bond donors (Lipinski definition) is 1. The molecule has 0 radical (unpaired) electrons. The highest BCUT2D eigenvalue weighted by molar-refractivity contribution is 5.36. The zero-order valence-corrected chi connectivity index (χ0v) is 14.8. The minimum absolute atomic E-state index is 0.411. The van der Waals surface area contributed by atoms with Gasteiger partial charge in [-0.25, -0.2) is 15.0 Å². The van der Waals surface area contributed by atoms with Crippen LogP contribution < -0.4 is 5.32 Å². The van der Waals surface area contributed by atoms with Crippen molar-refractivity contribution in [2.45, 2.75) is 37.8 Å². The van der Waals surface area contributed by atoms with Gasteiger partial charge in [0.25, 0.3) is 0 Å².